The van der Waals surface area contributed by atoms with Crippen LogP contribution < -0.4 is 15.6 Å². The van der Waals surface area contributed by atoms with Crippen LogP contribution in [0.3, 0.4) is 0 Å². The van der Waals surface area contributed by atoms with Gasteiger partial charge in [-0.25, -0.2) is 4.79 Å². The van der Waals surface area contributed by atoms with Crippen molar-refractivity contribution in [1.29, 1.82) is 5.26 Å². The van der Waals surface area contributed by atoms with Gasteiger partial charge < -0.3 is 19.7 Å². The van der Waals surface area contributed by atoms with E-state index in [2.05, 4.69) is 4.98 Å². The van der Waals surface area contributed by atoms with E-state index >= 15 is 0 Å². The van der Waals surface area contributed by atoms with E-state index in [4.69, 9.17) is 9.84 Å². The molecule has 1 atom stereocenters. The van der Waals surface area contributed by atoms with Crippen LogP contribution in [-0.4, -0.2) is 39.6 Å². The Morgan fingerprint density at radius 2 is 2.10 bits per heavy atom. The summed E-state index contributed by atoms with van der Waals surface area (Å²) >= 11 is 0. The lowest BCUT2D eigenvalue weighted by Gasteiger charge is -2.19. The minimum absolute atomic E-state index is 0.0302. The van der Waals surface area contributed by atoms with Crippen molar-refractivity contribution in [2.75, 3.05) is 6.61 Å². The molecular weight excluding hydrogens is 417 g/mol. The fourth-order valence-corrected chi connectivity index (χ4v) is 3.26. The van der Waals surface area contributed by atoms with Crippen LogP contribution in [0.25, 0.3) is 21.7 Å². The van der Waals surface area contributed by atoms with Crippen LogP contribution in [0.5, 0.6) is 5.75 Å². The van der Waals surface area contributed by atoms with Crippen LogP contribution in [0.2, 0.25) is 0 Å². The smallest absolute Gasteiger partial charge is 0.404 e. The van der Waals surface area contributed by atoms with E-state index in [1.807, 2.05) is 11.4 Å². The SMILES string of the molecule is Cn1c(=O)c2cnccc2c2cc(C#N)c(OCC(CCC(F)(F)F)NC(=O)O)cc21. The third kappa shape index (κ3) is 4.85. The summed E-state index contributed by atoms with van der Waals surface area (Å²) in [5.74, 6) is 0.0302. The van der Waals surface area contributed by atoms with Crippen molar-refractivity contribution in [3.05, 3.63) is 46.5 Å². The first-order valence-corrected chi connectivity index (χ1v) is 9.10. The molecule has 1 amide bonds. The molecule has 0 saturated heterocycles. The number of benzene rings is 1. The van der Waals surface area contributed by atoms with E-state index in [1.54, 1.807) is 6.07 Å². The highest BCUT2D eigenvalue weighted by molar-refractivity contribution is 6.06. The normalized spacial score (nSPS) is 12.5. The molecule has 0 fully saturated rings. The van der Waals surface area contributed by atoms with E-state index in [1.165, 1.54) is 36.1 Å². The number of nitrogens with one attached hydrogen (secondary N) is 1. The van der Waals surface area contributed by atoms with Gasteiger partial charge in [-0.15, -0.1) is 0 Å². The number of hydrogen-bond acceptors (Lipinski definition) is 5. The molecule has 8 nitrogen and oxygen atoms in total. The maximum Gasteiger partial charge on any atom is 0.404 e. The lowest BCUT2D eigenvalue weighted by Crippen LogP contribution is -2.39. The van der Waals surface area contributed by atoms with Crippen molar-refractivity contribution in [2.24, 2.45) is 7.05 Å². The maximum absolute atomic E-state index is 12.6. The number of halogens is 3. The number of nitrogens with zero attached hydrogens (tertiary/aromatic N) is 3. The number of pyridine rings is 2. The first kappa shape index (κ1) is 21.9. The highest BCUT2D eigenvalue weighted by Gasteiger charge is 2.29. The Balaban J connectivity index is 1.99. The lowest BCUT2D eigenvalue weighted by molar-refractivity contribution is -0.136. The Bertz CT molecular complexity index is 1250. The molecule has 2 aromatic heterocycles. The maximum atomic E-state index is 12.6. The Kier molecular flexibility index (Phi) is 6.01. The molecule has 162 valence electrons. The second-order valence-corrected chi connectivity index (χ2v) is 6.87. The summed E-state index contributed by atoms with van der Waals surface area (Å²) in [4.78, 5) is 27.5. The number of ether oxygens (including phenoxy) is 1. The number of rotatable bonds is 6. The molecule has 2 heterocycles. The van der Waals surface area contributed by atoms with Crippen LogP contribution in [0.4, 0.5) is 18.0 Å². The van der Waals surface area contributed by atoms with Crippen molar-refractivity contribution in [1.82, 2.24) is 14.9 Å². The number of carbonyl (C=O) groups is 1. The van der Waals surface area contributed by atoms with Gasteiger partial charge in [0, 0.05) is 37.3 Å². The number of fused-ring (bicyclic) bond motifs is 3. The molecule has 0 aliphatic carbocycles. The molecule has 0 saturated carbocycles. The summed E-state index contributed by atoms with van der Waals surface area (Å²) in [6.07, 6.45) is -4.72. The average molecular weight is 434 g/mol. The molecule has 0 radical (unpaired) electrons. The molecular formula is C20H17F3N4O4. The third-order valence-corrected chi connectivity index (χ3v) is 4.77. The monoisotopic (exact) mass is 434 g/mol. The van der Waals surface area contributed by atoms with E-state index < -0.39 is 37.8 Å². The van der Waals surface area contributed by atoms with Gasteiger partial charge in [0.1, 0.15) is 18.4 Å². The minimum atomic E-state index is -4.45. The van der Waals surface area contributed by atoms with Crippen molar-refractivity contribution in [3.8, 4) is 11.8 Å². The van der Waals surface area contributed by atoms with E-state index in [0.29, 0.717) is 21.7 Å². The number of hydrogen-bond donors (Lipinski definition) is 2. The quantitative estimate of drug-likeness (QED) is 0.575. The third-order valence-electron chi connectivity index (χ3n) is 4.77. The highest BCUT2D eigenvalue weighted by Crippen LogP contribution is 2.29. The van der Waals surface area contributed by atoms with Crippen molar-refractivity contribution >= 4 is 27.8 Å². The largest absolute Gasteiger partial charge is 0.490 e. The van der Waals surface area contributed by atoms with Gasteiger partial charge >= 0.3 is 12.3 Å². The number of alkyl halides is 3. The Morgan fingerprint density at radius 1 is 1.35 bits per heavy atom. The van der Waals surface area contributed by atoms with Crippen LogP contribution in [0.15, 0.2) is 35.4 Å². The Labute approximate surface area is 173 Å². The molecule has 2 N–H and O–H groups in total. The zero-order valence-electron chi connectivity index (χ0n) is 16.2. The van der Waals surface area contributed by atoms with Gasteiger partial charge in [-0.05, 0) is 23.9 Å². The summed E-state index contributed by atoms with van der Waals surface area (Å²) < 4.78 is 44.5. The van der Waals surface area contributed by atoms with E-state index in [0.717, 1.165) is 0 Å². The van der Waals surface area contributed by atoms with Gasteiger partial charge in [0.2, 0.25) is 0 Å². The van der Waals surface area contributed by atoms with E-state index in [9.17, 15) is 28.0 Å². The molecule has 0 aliphatic rings. The number of aryl methyl sites for hydroxylation is 1. The molecule has 0 aliphatic heterocycles. The molecule has 3 rings (SSSR count). The fourth-order valence-electron chi connectivity index (χ4n) is 3.26. The molecule has 1 aromatic carbocycles. The lowest BCUT2D eigenvalue weighted by atomic mass is 10.0. The zero-order chi connectivity index (χ0) is 22.8. The van der Waals surface area contributed by atoms with Crippen molar-refractivity contribution in [3.63, 3.8) is 0 Å². The van der Waals surface area contributed by atoms with Crippen molar-refractivity contribution < 1.29 is 27.8 Å². The van der Waals surface area contributed by atoms with Gasteiger partial charge in [-0.3, -0.25) is 9.78 Å². The van der Waals surface area contributed by atoms with Crippen molar-refractivity contribution in [2.45, 2.75) is 25.1 Å². The second kappa shape index (κ2) is 8.51. The standard InChI is InChI=1S/C20H17F3N4O4/c1-27-16-7-17(31-10-12(26-19(29)30)2-4-20(21,22)23)11(8-24)6-14(16)13-3-5-25-9-15(13)18(27)28/h3,5-7,9,12,26H,2,4,10H2,1H3,(H,29,30). The fraction of sp³-hybridized carbons (Fsp3) is 0.300. The number of nitriles is 1. The summed E-state index contributed by atoms with van der Waals surface area (Å²) in [6.45, 7) is -0.423. The Morgan fingerprint density at radius 3 is 2.74 bits per heavy atom. The topological polar surface area (TPSA) is 117 Å². The van der Waals surface area contributed by atoms with Crippen LogP contribution in [0, 0.1) is 11.3 Å². The van der Waals surface area contributed by atoms with Crippen LogP contribution in [0.1, 0.15) is 18.4 Å². The molecule has 31 heavy (non-hydrogen) atoms. The molecule has 11 heteroatoms. The van der Waals surface area contributed by atoms with Crippen LogP contribution in [-0.2, 0) is 7.05 Å². The van der Waals surface area contributed by atoms with Gasteiger partial charge in [0.05, 0.1) is 22.5 Å². The molecule has 0 spiro atoms. The summed E-state index contributed by atoms with van der Waals surface area (Å²) in [5, 5.41) is 21.9. The first-order valence-electron chi connectivity index (χ1n) is 9.10. The first-order chi connectivity index (χ1) is 14.6. The second-order valence-electron chi connectivity index (χ2n) is 6.87. The molecule has 0 bridgehead atoms. The molecule has 3 aromatic rings. The predicted octanol–water partition coefficient (Wildman–Crippen LogP) is 3.32. The average Bonchev–Trinajstić information content (AvgIpc) is 2.72. The van der Waals surface area contributed by atoms with Gasteiger partial charge in [0.25, 0.3) is 5.56 Å². The predicted molar refractivity (Wildman–Crippen MR) is 105 cm³/mol. The summed E-state index contributed by atoms with van der Waals surface area (Å²) in [5.41, 5.74) is 0.215. The zero-order valence-corrected chi connectivity index (χ0v) is 16.2. The summed E-state index contributed by atoms with van der Waals surface area (Å²) in [7, 11) is 1.53. The molecule has 1 unspecified atom stereocenters. The van der Waals surface area contributed by atoms with E-state index in [-0.39, 0.29) is 16.9 Å². The van der Waals surface area contributed by atoms with Gasteiger partial charge in [-0.1, -0.05) is 0 Å². The van der Waals surface area contributed by atoms with Gasteiger partial charge in [0.15, 0.2) is 0 Å². The number of carboxylic acid groups (broad SMARTS) is 1. The number of aromatic nitrogens is 2. The minimum Gasteiger partial charge on any atom is -0.490 e. The Hall–Kier alpha value is -3.81. The summed E-state index contributed by atoms with van der Waals surface area (Å²) in [6, 6.07) is 5.42. The highest BCUT2D eigenvalue weighted by atomic mass is 19.4. The van der Waals surface area contributed by atoms with Gasteiger partial charge in [-0.2, -0.15) is 18.4 Å². The van der Waals surface area contributed by atoms with Crippen LogP contribution >= 0.6 is 0 Å². The number of amides is 1.